The molecule has 0 radical (unpaired) electrons. The molecule has 0 fully saturated rings. The van der Waals surface area contributed by atoms with Gasteiger partial charge in [0.15, 0.2) is 0 Å². The van der Waals surface area contributed by atoms with Crippen molar-refractivity contribution >= 4 is 11.3 Å². The smallest absolute Gasteiger partial charge is 0.0691 e. The molecule has 0 bridgehead atoms. The molecule has 1 unspecified atom stereocenters. The van der Waals surface area contributed by atoms with Crippen LogP contribution in [0.25, 0.3) is 0 Å². The summed E-state index contributed by atoms with van der Waals surface area (Å²) in [6.07, 6.45) is 0.612. The molecule has 0 aromatic carbocycles. The highest BCUT2D eigenvalue weighted by atomic mass is 32.2. The zero-order valence-corrected chi connectivity index (χ0v) is 6.60. The van der Waals surface area contributed by atoms with Crippen LogP contribution in [0.3, 0.4) is 0 Å². The third-order valence-corrected chi connectivity index (χ3v) is 1.68. The van der Waals surface area contributed by atoms with E-state index in [0.29, 0.717) is 19.6 Å². The van der Waals surface area contributed by atoms with E-state index in [1.54, 1.807) is 0 Å². The summed E-state index contributed by atoms with van der Waals surface area (Å²) in [6.45, 7) is 0.814. The fraction of sp³-hybridized carbons (Fsp3) is 1.00. The van der Waals surface area contributed by atoms with Crippen LogP contribution in [-0.2, 0) is 16.1 Å². The molecular formula is C4H11N2O3S-. The first-order valence-corrected chi connectivity index (χ1v) is 3.84. The van der Waals surface area contributed by atoms with E-state index in [0.717, 1.165) is 0 Å². The molecule has 5 nitrogen and oxygen atoms in total. The monoisotopic (exact) mass is 167 g/mol. The molecule has 0 aromatic heterocycles. The van der Waals surface area contributed by atoms with Gasteiger partial charge in [0.25, 0.3) is 0 Å². The van der Waals surface area contributed by atoms with Crippen LogP contribution in [0.5, 0.6) is 0 Å². The molecule has 62 valence electrons. The molecule has 0 saturated carbocycles. The number of hydrogen-bond acceptors (Lipinski definition) is 4. The van der Waals surface area contributed by atoms with E-state index >= 15 is 0 Å². The van der Waals surface area contributed by atoms with Crippen LogP contribution in [0.1, 0.15) is 6.42 Å². The molecule has 6 heteroatoms. The van der Waals surface area contributed by atoms with Crippen molar-refractivity contribution < 1.29 is 13.6 Å². The Hall–Kier alpha value is -0.0100. The molecule has 0 amide bonds. The van der Waals surface area contributed by atoms with Crippen molar-refractivity contribution in [1.29, 1.82) is 0 Å². The lowest BCUT2D eigenvalue weighted by Gasteiger charge is -2.17. The fourth-order valence-corrected chi connectivity index (χ4v) is 0.723. The van der Waals surface area contributed by atoms with E-state index in [2.05, 4.69) is 4.84 Å². The molecule has 0 saturated heterocycles. The Balaban J connectivity index is 3.21. The maximum Gasteiger partial charge on any atom is 0.0691 e. The van der Waals surface area contributed by atoms with Crippen molar-refractivity contribution in [3.63, 3.8) is 0 Å². The van der Waals surface area contributed by atoms with Gasteiger partial charge in [-0.05, 0) is 13.5 Å². The van der Waals surface area contributed by atoms with Gasteiger partial charge in [-0.3, -0.25) is 4.21 Å². The number of nitrogens with zero attached hydrogens (tertiary/aromatic N) is 1. The molecule has 0 spiro atoms. The molecule has 0 aromatic rings. The highest BCUT2D eigenvalue weighted by molar-refractivity contribution is 7.76. The molecule has 10 heavy (non-hydrogen) atoms. The second kappa shape index (κ2) is 5.75. The van der Waals surface area contributed by atoms with E-state index in [1.807, 2.05) is 0 Å². The van der Waals surface area contributed by atoms with E-state index in [-0.39, 0.29) is 0 Å². The summed E-state index contributed by atoms with van der Waals surface area (Å²) in [5.41, 5.74) is 0. The van der Waals surface area contributed by atoms with Gasteiger partial charge in [-0.2, -0.15) is 0 Å². The minimum Gasteiger partial charge on any atom is -0.760 e. The normalized spacial score (nSPS) is 14.0. The van der Waals surface area contributed by atoms with E-state index < -0.39 is 11.3 Å². The lowest BCUT2D eigenvalue weighted by Crippen LogP contribution is -2.23. The van der Waals surface area contributed by atoms with E-state index in [4.69, 9.17) is 5.90 Å². The zero-order chi connectivity index (χ0) is 7.98. The third-order valence-electron chi connectivity index (χ3n) is 0.990. The topological polar surface area (TPSA) is 78.6 Å². The van der Waals surface area contributed by atoms with Gasteiger partial charge in [-0.1, -0.05) is 0 Å². The van der Waals surface area contributed by atoms with E-state index in [9.17, 15) is 8.76 Å². The van der Waals surface area contributed by atoms with Crippen LogP contribution in [0.2, 0.25) is 0 Å². The van der Waals surface area contributed by atoms with Gasteiger partial charge in [0.05, 0.1) is 6.61 Å². The number of hydrogen-bond donors (Lipinski definition) is 1. The first-order valence-electron chi connectivity index (χ1n) is 2.80. The molecule has 0 aliphatic heterocycles. The van der Waals surface area contributed by atoms with Gasteiger partial charge >= 0.3 is 0 Å². The quantitative estimate of drug-likeness (QED) is 0.323. The van der Waals surface area contributed by atoms with E-state index in [1.165, 1.54) is 11.4 Å². The molecule has 0 rings (SSSR count). The van der Waals surface area contributed by atoms with Crippen LogP contribution >= 0.6 is 0 Å². The third kappa shape index (κ3) is 4.83. The second-order valence-corrected chi connectivity index (χ2v) is 2.85. The number of nitrogens with two attached hydrogens (primary N) is 1. The minimum atomic E-state index is -2.13. The predicted octanol–water partition coefficient (Wildman–Crippen LogP) is -1.01. The largest absolute Gasteiger partial charge is 0.760 e. The Morgan fingerprint density at radius 2 is 2.40 bits per heavy atom. The summed E-state index contributed by atoms with van der Waals surface area (Å²) in [5.74, 6) is 4.72. The Bertz CT molecular complexity index is 111. The van der Waals surface area contributed by atoms with Gasteiger partial charge < -0.3 is 9.39 Å². The standard InChI is InChI=1S/C4H12N2O3S/c1-6(10(7)8)3-2-4-9-5/h2-5H2,1H3,(H,7,8)/p-1. The Labute approximate surface area is 62.5 Å². The average Bonchev–Trinajstić information content (AvgIpc) is 1.88. The van der Waals surface area contributed by atoms with Crippen LogP contribution in [0.4, 0.5) is 0 Å². The molecule has 0 heterocycles. The van der Waals surface area contributed by atoms with Gasteiger partial charge in [0.1, 0.15) is 0 Å². The summed E-state index contributed by atoms with van der Waals surface area (Å²) in [5, 5.41) is 0. The molecule has 2 N–H and O–H groups in total. The van der Waals surface area contributed by atoms with Gasteiger partial charge in [-0.15, -0.1) is 0 Å². The molecule has 1 atom stereocenters. The average molecular weight is 167 g/mol. The highest BCUT2D eigenvalue weighted by Gasteiger charge is 1.95. The Morgan fingerprint density at radius 3 is 2.80 bits per heavy atom. The van der Waals surface area contributed by atoms with Crippen molar-refractivity contribution in [1.82, 2.24) is 4.31 Å². The van der Waals surface area contributed by atoms with Crippen LogP contribution < -0.4 is 5.90 Å². The highest BCUT2D eigenvalue weighted by Crippen LogP contribution is 1.88. The van der Waals surface area contributed by atoms with Crippen LogP contribution in [0.15, 0.2) is 0 Å². The minimum absolute atomic E-state index is 0.377. The van der Waals surface area contributed by atoms with Gasteiger partial charge in [0.2, 0.25) is 0 Å². The number of rotatable bonds is 5. The van der Waals surface area contributed by atoms with Crippen LogP contribution in [-0.4, -0.2) is 33.3 Å². The lowest BCUT2D eigenvalue weighted by atomic mass is 10.5. The molecule has 0 aliphatic rings. The van der Waals surface area contributed by atoms with Crippen molar-refractivity contribution in [3.05, 3.63) is 0 Å². The van der Waals surface area contributed by atoms with Crippen molar-refractivity contribution in [3.8, 4) is 0 Å². The molecular weight excluding hydrogens is 156 g/mol. The Kier molecular flexibility index (Phi) is 5.74. The van der Waals surface area contributed by atoms with Gasteiger partial charge in [-0.25, -0.2) is 10.2 Å². The van der Waals surface area contributed by atoms with Crippen molar-refractivity contribution in [2.75, 3.05) is 20.2 Å². The summed E-state index contributed by atoms with van der Waals surface area (Å²) in [7, 11) is 1.49. The molecule has 0 aliphatic carbocycles. The summed E-state index contributed by atoms with van der Waals surface area (Å²) >= 11 is -2.13. The predicted molar refractivity (Wildman–Crippen MR) is 36.3 cm³/mol. The summed E-state index contributed by atoms with van der Waals surface area (Å²) < 4.78 is 21.5. The van der Waals surface area contributed by atoms with Gasteiger partial charge in [0, 0.05) is 17.8 Å². The second-order valence-electron chi connectivity index (χ2n) is 1.79. The fourth-order valence-electron chi connectivity index (χ4n) is 0.445. The zero-order valence-electron chi connectivity index (χ0n) is 5.78. The first kappa shape index (κ1) is 9.99. The first-order chi connectivity index (χ1) is 4.68. The SMILES string of the molecule is CN(CCCON)S(=O)[O-]. The summed E-state index contributed by atoms with van der Waals surface area (Å²) in [6, 6.07) is 0. The van der Waals surface area contributed by atoms with Crippen molar-refractivity contribution in [2.45, 2.75) is 6.42 Å². The van der Waals surface area contributed by atoms with Crippen LogP contribution in [0, 0.1) is 0 Å². The maximum atomic E-state index is 10.1. The van der Waals surface area contributed by atoms with Crippen molar-refractivity contribution in [2.24, 2.45) is 5.90 Å². The maximum absolute atomic E-state index is 10.1. The Morgan fingerprint density at radius 1 is 1.80 bits per heavy atom. The summed E-state index contributed by atoms with van der Waals surface area (Å²) in [4.78, 5) is 4.24. The lowest BCUT2D eigenvalue weighted by molar-refractivity contribution is 0.132.